The molecule has 7 nitrogen and oxygen atoms in total. The van der Waals surface area contributed by atoms with Gasteiger partial charge in [-0.05, 0) is 50.5 Å². The topological polar surface area (TPSA) is 67.2 Å². The predicted octanol–water partition coefficient (Wildman–Crippen LogP) is 4.62. The van der Waals surface area contributed by atoms with Crippen molar-refractivity contribution in [2.75, 3.05) is 31.1 Å². The SMILES string of the molecule is CCC[C@H](C)c1nc(N2CCN(C(=O)C3CCC3)CC2)c2c(C)nn(-c3ccc(F)cc3)c2n1. The molecular weight excluding hydrogens is 431 g/mol. The highest BCUT2D eigenvalue weighted by atomic mass is 19.1. The maximum Gasteiger partial charge on any atom is 0.225 e. The Morgan fingerprint density at radius 2 is 1.82 bits per heavy atom. The molecule has 1 aliphatic heterocycles. The van der Waals surface area contributed by atoms with Crippen LogP contribution in [0.25, 0.3) is 16.7 Å². The highest BCUT2D eigenvalue weighted by molar-refractivity contribution is 5.91. The number of piperazine rings is 1. The van der Waals surface area contributed by atoms with Gasteiger partial charge in [0.05, 0.1) is 16.8 Å². The molecule has 0 N–H and O–H groups in total. The van der Waals surface area contributed by atoms with E-state index in [-0.39, 0.29) is 17.7 Å². The summed E-state index contributed by atoms with van der Waals surface area (Å²) in [5.41, 5.74) is 2.37. The molecule has 1 saturated heterocycles. The molecule has 1 saturated carbocycles. The number of rotatable bonds is 6. The number of anilines is 1. The van der Waals surface area contributed by atoms with Crippen LogP contribution in [0, 0.1) is 18.7 Å². The van der Waals surface area contributed by atoms with Crippen LogP contribution in [0.15, 0.2) is 24.3 Å². The second kappa shape index (κ2) is 9.31. The van der Waals surface area contributed by atoms with E-state index in [1.807, 2.05) is 11.8 Å². The number of aryl methyl sites for hydroxylation is 1. The maximum atomic E-state index is 13.6. The number of aromatic nitrogens is 4. The van der Waals surface area contributed by atoms with E-state index in [2.05, 4.69) is 18.7 Å². The average molecular weight is 465 g/mol. The van der Waals surface area contributed by atoms with E-state index in [1.54, 1.807) is 16.8 Å². The number of benzene rings is 1. The molecule has 34 heavy (non-hydrogen) atoms. The number of hydrogen-bond acceptors (Lipinski definition) is 5. The molecule has 1 aliphatic carbocycles. The van der Waals surface area contributed by atoms with Gasteiger partial charge in [0.1, 0.15) is 17.5 Å². The largest absolute Gasteiger partial charge is 0.352 e. The van der Waals surface area contributed by atoms with E-state index < -0.39 is 0 Å². The van der Waals surface area contributed by atoms with Gasteiger partial charge < -0.3 is 9.80 Å². The molecule has 0 bridgehead atoms. The fourth-order valence-corrected chi connectivity index (χ4v) is 5.00. The van der Waals surface area contributed by atoms with Crippen LogP contribution in [0.4, 0.5) is 10.2 Å². The standard InChI is InChI=1S/C26H33FN6O/c1-4-6-17(2)23-28-24(31-13-15-32(16-14-31)26(34)19-7-5-8-19)22-18(3)30-33(25(22)29-23)21-11-9-20(27)10-12-21/h9-12,17,19H,4-8,13-16H2,1-3H3/t17-/m0/s1. The van der Waals surface area contributed by atoms with E-state index in [0.29, 0.717) is 19.0 Å². The van der Waals surface area contributed by atoms with Crippen molar-refractivity contribution in [3.63, 3.8) is 0 Å². The number of carbonyl (C=O) groups is 1. The molecule has 3 heterocycles. The molecule has 2 aliphatic rings. The first-order chi connectivity index (χ1) is 16.5. The van der Waals surface area contributed by atoms with Gasteiger partial charge in [-0.25, -0.2) is 19.0 Å². The predicted molar refractivity (Wildman–Crippen MR) is 131 cm³/mol. The van der Waals surface area contributed by atoms with Gasteiger partial charge in [0.25, 0.3) is 0 Å². The zero-order valence-electron chi connectivity index (χ0n) is 20.3. The minimum atomic E-state index is -0.279. The fourth-order valence-electron chi connectivity index (χ4n) is 5.00. The minimum absolute atomic E-state index is 0.214. The third kappa shape index (κ3) is 4.14. The molecular formula is C26H33FN6O. The zero-order valence-corrected chi connectivity index (χ0v) is 20.3. The molecule has 3 aromatic rings. The average Bonchev–Trinajstić information content (AvgIpc) is 3.14. The van der Waals surface area contributed by atoms with Crippen LogP contribution in [0.2, 0.25) is 0 Å². The van der Waals surface area contributed by atoms with Gasteiger partial charge in [-0.2, -0.15) is 5.10 Å². The number of amides is 1. The first kappa shape index (κ1) is 22.7. The van der Waals surface area contributed by atoms with Crippen molar-refractivity contribution >= 4 is 22.8 Å². The van der Waals surface area contributed by atoms with Crippen LogP contribution < -0.4 is 4.90 Å². The van der Waals surface area contributed by atoms with Gasteiger partial charge in [-0.3, -0.25) is 4.79 Å². The smallest absolute Gasteiger partial charge is 0.225 e. The van der Waals surface area contributed by atoms with Crippen LogP contribution in [0.1, 0.15) is 63.4 Å². The maximum absolute atomic E-state index is 13.6. The molecule has 5 rings (SSSR count). The molecule has 2 fully saturated rings. The molecule has 0 spiro atoms. The third-order valence-electron chi connectivity index (χ3n) is 7.28. The van der Waals surface area contributed by atoms with Crippen molar-refractivity contribution in [3.05, 3.63) is 41.6 Å². The van der Waals surface area contributed by atoms with E-state index in [1.165, 1.54) is 18.6 Å². The molecule has 0 unspecified atom stereocenters. The lowest BCUT2D eigenvalue weighted by molar-refractivity contribution is -0.138. The molecule has 1 aromatic carbocycles. The van der Waals surface area contributed by atoms with Crippen molar-refractivity contribution in [2.24, 2.45) is 5.92 Å². The number of fused-ring (bicyclic) bond motifs is 1. The molecule has 1 atom stereocenters. The Balaban J connectivity index is 1.52. The Kier molecular flexibility index (Phi) is 6.23. The summed E-state index contributed by atoms with van der Waals surface area (Å²) in [6.45, 7) is 9.22. The van der Waals surface area contributed by atoms with Gasteiger partial charge in [0, 0.05) is 38.0 Å². The van der Waals surface area contributed by atoms with Crippen molar-refractivity contribution in [1.29, 1.82) is 0 Å². The summed E-state index contributed by atoms with van der Waals surface area (Å²) in [6.07, 6.45) is 5.29. The third-order valence-corrected chi connectivity index (χ3v) is 7.28. The van der Waals surface area contributed by atoms with Crippen LogP contribution in [-0.4, -0.2) is 56.7 Å². The van der Waals surface area contributed by atoms with E-state index >= 15 is 0 Å². The normalized spacial score (nSPS) is 17.8. The Hall–Kier alpha value is -3.03. The Morgan fingerprint density at radius 1 is 1.12 bits per heavy atom. The lowest BCUT2D eigenvalue weighted by Gasteiger charge is -2.39. The minimum Gasteiger partial charge on any atom is -0.352 e. The summed E-state index contributed by atoms with van der Waals surface area (Å²) < 4.78 is 15.4. The molecule has 8 heteroatoms. The highest BCUT2D eigenvalue weighted by Crippen LogP contribution is 2.33. The van der Waals surface area contributed by atoms with Gasteiger partial charge in [-0.15, -0.1) is 0 Å². The summed E-state index contributed by atoms with van der Waals surface area (Å²) in [7, 11) is 0. The molecule has 2 aromatic heterocycles. The van der Waals surface area contributed by atoms with Crippen molar-refractivity contribution < 1.29 is 9.18 Å². The van der Waals surface area contributed by atoms with E-state index in [4.69, 9.17) is 15.1 Å². The van der Waals surface area contributed by atoms with Crippen LogP contribution in [-0.2, 0) is 4.79 Å². The van der Waals surface area contributed by atoms with Crippen molar-refractivity contribution in [3.8, 4) is 5.69 Å². The first-order valence-corrected chi connectivity index (χ1v) is 12.5. The van der Waals surface area contributed by atoms with Crippen molar-refractivity contribution in [1.82, 2.24) is 24.6 Å². The molecule has 180 valence electrons. The summed E-state index contributed by atoms with van der Waals surface area (Å²) in [4.78, 5) is 27.0. The summed E-state index contributed by atoms with van der Waals surface area (Å²) in [5.74, 6) is 2.18. The first-order valence-electron chi connectivity index (χ1n) is 12.5. The Labute approximate surface area is 200 Å². The Morgan fingerprint density at radius 3 is 2.44 bits per heavy atom. The monoisotopic (exact) mass is 464 g/mol. The van der Waals surface area contributed by atoms with Gasteiger partial charge in [-0.1, -0.05) is 26.7 Å². The summed E-state index contributed by atoms with van der Waals surface area (Å²) >= 11 is 0. The molecule has 1 amide bonds. The van der Waals surface area contributed by atoms with Gasteiger partial charge in [0.2, 0.25) is 5.91 Å². The number of nitrogens with zero attached hydrogens (tertiary/aromatic N) is 6. The second-order valence-electron chi connectivity index (χ2n) is 9.71. The lowest BCUT2D eigenvalue weighted by Crippen LogP contribution is -2.51. The van der Waals surface area contributed by atoms with Gasteiger partial charge >= 0.3 is 0 Å². The lowest BCUT2D eigenvalue weighted by atomic mass is 9.84. The Bertz CT molecular complexity index is 1180. The van der Waals surface area contributed by atoms with Gasteiger partial charge in [0.15, 0.2) is 5.65 Å². The van der Waals surface area contributed by atoms with Crippen LogP contribution in [0.5, 0.6) is 0 Å². The summed E-state index contributed by atoms with van der Waals surface area (Å²) in [6, 6.07) is 6.34. The number of carbonyl (C=O) groups excluding carboxylic acids is 1. The number of halogens is 1. The summed E-state index contributed by atoms with van der Waals surface area (Å²) in [5, 5.41) is 5.70. The van der Waals surface area contributed by atoms with E-state index in [0.717, 1.165) is 72.8 Å². The molecule has 0 radical (unpaired) electrons. The van der Waals surface area contributed by atoms with Crippen LogP contribution >= 0.6 is 0 Å². The highest BCUT2D eigenvalue weighted by Gasteiger charge is 2.32. The zero-order chi connectivity index (χ0) is 23.8. The second-order valence-corrected chi connectivity index (χ2v) is 9.71. The number of hydrogen-bond donors (Lipinski definition) is 0. The quantitative estimate of drug-likeness (QED) is 0.533. The van der Waals surface area contributed by atoms with Crippen LogP contribution in [0.3, 0.4) is 0 Å². The van der Waals surface area contributed by atoms with E-state index in [9.17, 15) is 9.18 Å². The fraction of sp³-hybridized carbons (Fsp3) is 0.538. The van der Waals surface area contributed by atoms with Crippen molar-refractivity contribution in [2.45, 2.75) is 58.8 Å².